The highest BCUT2D eigenvalue weighted by atomic mass is 35.7. The Hall–Kier alpha value is -1.14. The molecule has 0 aliphatic heterocycles. The van der Waals surface area contributed by atoms with Crippen LogP contribution >= 0.6 is 10.7 Å². The van der Waals surface area contributed by atoms with Crippen molar-refractivity contribution in [1.82, 2.24) is 5.01 Å². The molecule has 100 valence electrons. The molecule has 0 saturated carbocycles. The third-order valence-electron chi connectivity index (χ3n) is 2.39. The fraction of sp³-hybridized carbons (Fsp3) is 0.455. The lowest BCUT2D eigenvalue weighted by atomic mass is 10.2. The maximum absolute atomic E-state index is 11.4. The van der Waals surface area contributed by atoms with Crippen molar-refractivity contribution in [2.45, 2.75) is 25.7 Å². The predicted octanol–water partition coefficient (Wildman–Crippen LogP) is 3.26. The van der Waals surface area contributed by atoms with Gasteiger partial charge in [-0.15, -0.1) is 5.11 Å². The molecule has 0 heterocycles. The van der Waals surface area contributed by atoms with E-state index in [4.69, 9.17) is 10.7 Å². The Morgan fingerprint density at radius 3 is 2.39 bits per heavy atom. The van der Waals surface area contributed by atoms with Crippen LogP contribution in [-0.4, -0.2) is 26.5 Å². The maximum Gasteiger partial charge on any atom is 0.263 e. The fourth-order valence-electron chi connectivity index (χ4n) is 1.37. The van der Waals surface area contributed by atoms with E-state index in [-0.39, 0.29) is 10.6 Å². The van der Waals surface area contributed by atoms with Gasteiger partial charge in [-0.3, -0.25) is 5.01 Å². The van der Waals surface area contributed by atoms with Crippen molar-refractivity contribution in [2.24, 2.45) is 10.3 Å². The molecule has 0 radical (unpaired) electrons. The fourth-order valence-corrected chi connectivity index (χ4v) is 2.34. The van der Waals surface area contributed by atoms with E-state index in [0.29, 0.717) is 13.1 Å². The van der Waals surface area contributed by atoms with Crippen LogP contribution in [0.1, 0.15) is 19.4 Å². The molecule has 0 amide bonds. The van der Waals surface area contributed by atoms with E-state index in [1.807, 2.05) is 20.8 Å². The van der Waals surface area contributed by atoms with Crippen LogP contribution in [0, 0.1) is 6.92 Å². The lowest BCUT2D eigenvalue weighted by Gasteiger charge is -2.11. The number of benzene rings is 1. The van der Waals surface area contributed by atoms with Crippen LogP contribution in [0.3, 0.4) is 0 Å². The van der Waals surface area contributed by atoms with Crippen LogP contribution < -0.4 is 0 Å². The van der Waals surface area contributed by atoms with Crippen molar-refractivity contribution in [3.8, 4) is 0 Å². The molecule has 5 nitrogen and oxygen atoms in total. The number of hydrogen-bond donors (Lipinski definition) is 0. The highest BCUT2D eigenvalue weighted by molar-refractivity contribution is 8.13. The lowest BCUT2D eigenvalue weighted by Crippen LogP contribution is -2.14. The normalized spacial score (nSPS) is 12.0. The zero-order valence-electron chi connectivity index (χ0n) is 10.6. The van der Waals surface area contributed by atoms with Gasteiger partial charge in [0.15, 0.2) is 0 Å². The maximum atomic E-state index is 11.4. The van der Waals surface area contributed by atoms with Gasteiger partial charge in [0.25, 0.3) is 9.05 Å². The number of halogens is 1. The second kappa shape index (κ2) is 6.15. The highest BCUT2D eigenvalue weighted by Crippen LogP contribution is 2.28. The SMILES string of the molecule is CCN(CC)N=Nc1cc(C)ccc1S(=O)(=O)Cl. The molecule has 0 aliphatic carbocycles. The molecule has 0 bridgehead atoms. The predicted molar refractivity (Wildman–Crippen MR) is 71.7 cm³/mol. The lowest BCUT2D eigenvalue weighted by molar-refractivity contribution is 0.300. The van der Waals surface area contributed by atoms with Gasteiger partial charge in [0, 0.05) is 23.8 Å². The molecule has 18 heavy (non-hydrogen) atoms. The molecule has 1 rings (SSSR count). The van der Waals surface area contributed by atoms with Crippen molar-refractivity contribution in [3.05, 3.63) is 23.8 Å². The molecule has 0 atom stereocenters. The summed E-state index contributed by atoms with van der Waals surface area (Å²) < 4.78 is 22.8. The molecule has 0 aliphatic rings. The Bertz CT molecular complexity index is 539. The van der Waals surface area contributed by atoms with E-state index in [9.17, 15) is 8.42 Å². The Balaban J connectivity index is 3.19. The first-order valence-corrected chi connectivity index (χ1v) is 7.91. The van der Waals surface area contributed by atoms with Crippen molar-refractivity contribution in [1.29, 1.82) is 0 Å². The second-order valence-electron chi connectivity index (χ2n) is 3.74. The summed E-state index contributed by atoms with van der Waals surface area (Å²) in [5, 5.41) is 9.66. The van der Waals surface area contributed by atoms with Gasteiger partial charge in [-0.25, -0.2) is 8.42 Å². The first-order valence-electron chi connectivity index (χ1n) is 5.60. The molecule has 7 heteroatoms. The highest BCUT2D eigenvalue weighted by Gasteiger charge is 2.15. The minimum atomic E-state index is -3.81. The van der Waals surface area contributed by atoms with E-state index in [1.54, 1.807) is 17.1 Å². The number of aryl methyl sites for hydroxylation is 1. The summed E-state index contributed by atoms with van der Waals surface area (Å²) >= 11 is 0. The summed E-state index contributed by atoms with van der Waals surface area (Å²) in [6.07, 6.45) is 0. The van der Waals surface area contributed by atoms with Crippen LogP contribution in [0.15, 0.2) is 33.4 Å². The summed E-state index contributed by atoms with van der Waals surface area (Å²) in [4.78, 5) is -0.0225. The monoisotopic (exact) mass is 289 g/mol. The molecule has 1 aromatic rings. The standard InChI is InChI=1S/C11H16ClN3O2S/c1-4-15(5-2)14-13-10-8-9(3)6-7-11(10)18(12,16)17/h6-8H,4-5H2,1-3H3. The minimum Gasteiger partial charge on any atom is -0.279 e. The molecule has 1 aromatic carbocycles. The first-order chi connectivity index (χ1) is 8.38. The Labute approximate surface area is 112 Å². The topological polar surface area (TPSA) is 62.1 Å². The molecule has 0 unspecified atom stereocenters. The van der Waals surface area contributed by atoms with E-state index in [0.717, 1.165) is 5.56 Å². The van der Waals surface area contributed by atoms with Gasteiger partial charge in [0.05, 0.1) is 0 Å². The van der Waals surface area contributed by atoms with Crippen molar-refractivity contribution >= 4 is 25.4 Å². The average molecular weight is 290 g/mol. The van der Waals surface area contributed by atoms with Gasteiger partial charge in [-0.2, -0.15) is 0 Å². The zero-order chi connectivity index (χ0) is 13.8. The zero-order valence-corrected chi connectivity index (χ0v) is 12.2. The number of nitrogens with zero attached hydrogens (tertiary/aromatic N) is 3. The van der Waals surface area contributed by atoms with Gasteiger partial charge in [0.1, 0.15) is 10.6 Å². The molecule has 0 fully saturated rings. The summed E-state index contributed by atoms with van der Waals surface area (Å²) in [6, 6.07) is 4.75. The second-order valence-corrected chi connectivity index (χ2v) is 6.27. The summed E-state index contributed by atoms with van der Waals surface area (Å²) in [5.41, 5.74) is 1.16. The van der Waals surface area contributed by atoms with Crippen LogP contribution in [0.2, 0.25) is 0 Å². The van der Waals surface area contributed by atoms with Gasteiger partial charge in [0.2, 0.25) is 0 Å². The largest absolute Gasteiger partial charge is 0.279 e. The van der Waals surface area contributed by atoms with Crippen LogP contribution in [-0.2, 0) is 9.05 Å². The van der Waals surface area contributed by atoms with Crippen molar-refractivity contribution < 1.29 is 8.42 Å². The van der Waals surface area contributed by atoms with E-state index in [2.05, 4.69) is 10.3 Å². The molecule has 0 spiro atoms. The van der Waals surface area contributed by atoms with Crippen molar-refractivity contribution in [2.75, 3.05) is 13.1 Å². The molecule has 0 saturated heterocycles. The number of rotatable bonds is 5. The van der Waals surface area contributed by atoms with Crippen LogP contribution in [0.25, 0.3) is 0 Å². The van der Waals surface area contributed by atoms with E-state index in [1.165, 1.54) is 6.07 Å². The smallest absolute Gasteiger partial charge is 0.263 e. The van der Waals surface area contributed by atoms with Crippen LogP contribution in [0.4, 0.5) is 5.69 Å². The molecular weight excluding hydrogens is 274 g/mol. The molecule has 0 aromatic heterocycles. The quantitative estimate of drug-likeness (QED) is 0.475. The third kappa shape index (κ3) is 3.96. The van der Waals surface area contributed by atoms with E-state index >= 15 is 0 Å². The summed E-state index contributed by atoms with van der Waals surface area (Å²) in [6.45, 7) is 7.14. The summed E-state index contributed by atoms with van der Waals surface area (Å²) in [5.74, 6) is 0. The van der Waals surface area contributed by atoms with Gasteiger partial charge < -0.3 is 0 Å². The minimum absolute atomic E-state index is 0.0225. The Kier molecular flexibility index (Phi) is 5.10. The van der Waals surface area contributed by atoms with Gasteiger partial charge in [-0.1, -0.05) is 11.3 Å². The summed E-state index contributed by atoms with van der Waals surface area (Å²) in [7, 11) is 1.54. The van der Waals surface area contributed by atoms with Crippen molar-refractivity contribution in [3.63, 3.8) is 0 Å². The molecular formula is C11H16ClN3O2S. The Morgan fingerprint density at radius 1 is 1.28 bits per heavy atom. The Morgan fingerprint density at radius 2 is 1.89 bits per heavy atom. The molecule has 0 N–H and O–H groups in total. The van der Waals surface area contributed by atoms with Gasteiger partial charge in [-0.05, 0) is 38.5 Å². The average Bonchev–Trinajstić information content (AvgIpc) is 2.28. The van der Waals surface area contributed by atoms with Gasteiger partial charge >= 0.3 is 0 Å². The third-order valence-corrected chi connectivity index (χ3v) is 3.76. The number of hydrogen-bond acceptors (Lipinski definition) is 4. The van der Waals surface area contributed by atoms with E-state index < -0.39 is 9.05 Å². The van der Waals surface area contributed by atoms with Crippen LogP contribution in [0.5, 0.6) is 0 Å². The first kappa shape index (κ1) is 14.9.